The maximum atomic E-state index is 12.9. The first-order valence-electron chi connectivity index (χ1n) is 6.09. The smallest absolute Gasteiger partial charge is 0.213 e. The van der Waals surface area contributed by atoms with E-state index in [-0.39, 0.29) is 0 Å². The van der Waals surface area contributed by atoms with Gasteiger partial charge in [-0.2, -0.15) is 4.39 Å². The third kappa shape index (κ3) is 3.01. The van der Waals surface area contributed by atoms with Crippen molar-refractivity contribution in [3.8, 4) is 0 Å². The van der Waals surface area contributed by atoms with E-state index in [1.165, 1.54) is 37.9 Å². The van der Waals surface area contributed by atoms with E-state index in [4.69, 9.17) is 0 Å². The summed E-state index contributed by atoms with van der Waals surface area (Å²) >= 11 is 0. The molecule has 3 heteroatoms. The van der Waals surface area contributed by atoms with E-state index < -0.39 is 5.95 Å². The molecule has 1 aliphatic rings. The number of nitrogens with one attached hydrogen (secondary N) is 1. The average molecular weight is 222 g/mol. The van der Waals surface area contributed by atoms with Gasteiger partial charge in [0.15, 0.2) is 0 Å². The number of nitrogens with zero attached hydrogens (tertiary/aromatic N) is 1. The van der Waals surface area contributed by atoms with Crippen LogP contribution >= 0.6 is 0 Å². The van der Waals surface area contributed by atoms with Crippen LogP contribution in [0.1, 0.15) is 38.2 Å². The summed E-state index contributed by atoms with van der Waals surface area (Å²) < 4.78 is 12.9. The van der Waals surface area contributed by atoms with Crippen LogP contribution in [-0.4, -0.2) is 11.0 Å². The summed E-state index contributed by atoms with van der Waals surface area (Å²) in [5, 5.41) is 3.52. The number of pyridine rings is 1. The lowest BCUT2D eigenvalue weighted by Crippen LogP contribution is -2.36. The van der Waals surface area contributed by atoms with Crippen LogP contribution in [0.25, 0.3) is 0 Å². The van der Waals surface area contributed by atoms with Crippen molar-refractivity contribution in [2.45, 2.75) is 45.2 Å². The van der Waals surface area contributed by atoms with Crippen molar-refractivity contribution >= 4 is 0 Å². The molecule has 0 bridgehead atoms. The Morgan fingerprint density at radius 3 is 3.00 bits per heavy atom. The lowest BCUT2D eigenvalue weighted by molar-refractivity contribution is 0.279. The van der Waals surface area contributed by atoms with Gasteiger partial charge in [0.1, 0.15) is 0 Å². The lowest BCUT2D eigenvalue weighted by atomic mass is 9.86. The first-order valence-corrected chi connectivity index (χ1v) is 6.09. The molecule has 2 rings (SSSR count). The fourth-order valence-corrected chi connectivity index (χ4v) is 2.42. The molecule has 2 nitrogen and oxygen atoms in total. The van der Waals surface area contributed by atoms with Gasteiger partial charge in [-0.05, 0) is 36.5 Å². The normalized spacial score (nSPS) is 25.6. The maximum absolute atomic E-state index is 12.9. The summed E-state index contributed by atoms with van der Waals surface area (Å²) in [6, 6.07) is 3.95. The van der Waals surface area contributed by atoms with Gasteiger partial charge in [-0.15, -0.1) is 0 Å². The van der Waals surface area contributed by atoms with Crippen LogP contribution in [0.3, 0.4) is 0 Å². The topological polar surface area (TPSA) is 24.9 Å². The third-order valence-electron chi connectivity index (χ3n) is 3.47. The summed E-state index contributed by atoms with van der Waals surface area (Å²) in [5.41, 5.74) is 0.977. The van der Waals surface area contributed by atoms with E-state index in [0.717, 1.165) is 18.0 Å². The maximum Gasteiger partial charge on any atom is 0.213 e. The molecule has 0 radical (unpaired) electrons. The Bertz CT molecular complexity index is 340. The van der Waals surface area contributed by atoms with Gasteiger partial charge in [0, 0.05) is 18.8 Å². The fraction of sp³-hybridized carbons (Fsp3) is 0.615. The van der Waals surface area contributed by atoms with Crippen LogP contribution < -0.4 is 5.32 Å². The SMILES string of the molecule is CC1CCCCC1NCc1ccnc(F)c1. The van der Waals surface area contributed by atoms with Crippen LogP contribution in [0.5, 0.6) is 0 Å². The van der Waals surface area contributed by atoms with Gasteiger partial charge in [0.05, 0.1) is 0 Å². The minimum absolute atomic E-state index is 0.393. The molecular weight excluding hydrogens is 203 g/mol. The van der Waals surface area contributed by atoms with E-state index in [2.05, 4.69) is 17.2 Å². The Kier molecular flexibility index (Phi) is 3.88. The highest BCUT2D eigenvalue weighted by molar-refractivity contribution is 5.10. The molecule has 1 aliphatic carbocycles. The predicted molar refractivity (Wildman–Crippen MR) is 62.5 cm³/mol. The second kappa shape index (κ2) is 5.39. The van der Waals surface area contributed by atoms with Crippen molar-refractivity contribution in [2.75, 3.05) is 0 Å². The first kappa shape index (κ1) is 11.5. The van der Waals surface area contributed by atoms with Crippen molar-refractivity contribution in [3.05, 3.63) is 29.8 Å². The quantitative estimate of drug-likeness (QED) is 0.795. The average Bonchev–Trinajstić information content (AvgIpc) is 2.28. The molecule has 88 valence electrons. The highest BCUT2D eigenvalue weighted by Gasteiger charge is 2.20. The van der Waals surface area contributed by atoms with Crippen molar-refractivity contribution in [2.24, 2.45) is 5.92 Å². The molecule has 1 aromatic heterocycles. The lowest BCUT2D eigenvalue weighted by Gasteiger charge is -2.29. The minimum Gasteiger partial charge on any atom is -0.310 e. The predicted octanol–water partition coefficient (Wildman–Crippen LogP) is 2.89. The van der Waals surface area contributed by atoms with E-state index in [0.29, 0.717) is 6.04 Å². The zero-order valence-corrected chi connectivity index (χ0v) is 9.75. The summed E-state index contributed by atoms with van der Waals surface area (Å²) in [6.07, 6.45) is 6.74. The second-order valence-corrected chi connectivity index (χ2v) is 4.74. The molecule has 16 heavy (non-hydrogen) atoms. The zero-order valence-electron chi connectivity index (χ0n) is 9.75. The molecule has 0 saturated heterocycles. The Hall–Kier alpha value is -0.960. The standard InChI is InChI=1S/C13H19FN2/c1-10-4-2-3-5-12(10)16-9-11-6-7-15-13(14)8-11/h6-8,10,12,16H,2-5,9H2,1H3. The summed E-state index contributed by atoms with van der Waals surface area (Å²) in [6.45, 7) is 3.04. The van der Waals surface area contributed by atoms with Crippen LogP contribution in [0, 0.1) is 11.9 Å². The molecule has 1 fully saturated rings. The van der Waals surface area contributed by atoms with Crippen LogP contribution in [0.4, 0.5) is 4.39 Å². The molecule has 0 amide bonds. The summed E-state index contributed by atoms with van der Waals surface area (Å²) in [4.78, 5) is 3.56. The Morgan fingerprint density at radius 1 is 1.44 bits per heavy atom. The third-order valence-corrected chi connectivity index (χ3v) is 3.47. The molecule has 2 unspecified atom stereocenters. The van der Waals surface area contributed by atoms with Crippen LogP contribution in [0.15, 0.2) is 18.3 Å². The van der Waals surface area contributed by atoms with Crippen molar-refractivity contribution in [3.63, 3.8) is 0 Å². The highest BCUT2D eigenvalue weighted by Crippen LogP contribution is 2.23. The molecule has 0 aromatic carbocycles. The Morgan fingerprint density at radius 2 is 2.25 bits per heavy atom. The minimum atomic E-state index is -0.393. The monoisotopic (exact) mass is 222 g/mol. The van der Waals surface area contributed by atoms with Crippen LogP contribution in [-0.2, 0) is 6.54 Å². The van der Waals surface area contributed by atoms with E-state index in [9.17, 15) is 4.39 Å². The van der Waals surface area contributed by atoms with E-state index in [1.54, 1.807) is 0 Å². The molecule has 1 aromatic rings. The van der Waals surface area contributed by atoms with Gasteiger partial charge in [-0.1, -0.05) is 19.8 Å². The van der Waals surface area contributed by atoms with Crippen molar-refractivity contribution in [1.82, 2.24) is 10.3 Å². The highest BCUT2D eigenvalue weighted by atomic mass is 19.1. The number of hydrogen-bond donors (Lipinski definition) is 1. The van der Waals surface area contributed by atoms with Gasteiger partial charge >= 0.3 is 0 Å². The molecule has 0 spiro atoms. The number of halogens is 1. The zero-order chi connectivity index (χ0) is 11.4. The summed E-state index contributed by atoms with van der Waals surface area (Å²) in [7, 11) is 0. The molecular formula is C13H19FN2. The van der Waals surface area contributed by atoms with Gasteiger partial charge in [-0.3, -0.25) is 0 Å². The number of rotatable bonds is 3. The van der Waals surface area contributed by atoms with Crippen LogP contribution in [0.2, 0.25) is 0 Å². The van der Waals surface area contributed by atoms with E-state index >= 15 is 0 Å². The Balaban J connectivity index is 1.86. The van der Waals surface area contributed by atoms with Crippen molar-refractivity contribution < 1.29 is 4.39 Å². The molecule has 2 atom stereocenters. The number of hydrogen-bond acceptors (Lipinski definition) is 2. The second-order valence-electron chi connectivity index (χ2n) is 4.74. The Labute approximate surface area is 96.3 Å². The van der Waals surface area contributed by atoms with Gasteiger partial charge < -0.3 is 5.32 Å². The summed E-state index contributed by atoms with van der Waals surface area (Å²) in [5.74, 6) is 0.344. The van der Waals surface area contributed by atoms with Gasteiger partial charge in [0.2, 0.25) is 5.95 Å². The van der Waals surface area contributed by atoms with Crippen molar-refractivity contribution in [1.29, 1.82) is 0 Å². The first-order chi connectivity index (χ1) is 7.75. The largest absolute Gasteiger partial charge is 0.310 e. The fourth-order valence-electron chi connectivity index (χ4n) is 2.42. The van der Waals surface area contributed by atoms with E-state index in [1.807, 2.05) is 6.07 Å². The number of aromatic nitrogens is 1. The molecule has 1 heterocycles. The van der Waals surface area contributed by atoms with Gasteiger partial charge in [0.25, 0.3) is 0 Å². The van der Waals surface area contributed by atoms with Gasteiger partial charge in [-0.25, -0.2) is 4.98 Å². The molecule has 1 saturated carbocycles. The molecule has 1 N–H and O–H groups in total. The molecule has 0 aliphatic heterocycles.